The Balaban J connectivity index is 1.62. The summed E-state index contributed by atoms with van der Waals surface area (Å²) in [5, 5.41) is 11.8. The predicted octanol–water partition coefficient (Wildman–Crippen LogP) is 4.83. The van der Waals surface area contributed by atoms with Crippen molar-refractivity contribution in [2.45, 2.75) is 38.3 Å². The Bertz CT molecular complexity index is 1180. The first-order valence-corrected chi connectivity index (χ1v) is 11.1. The summed E-state index contributed by atoms with van der Waals surface area (Å²) in [7, 11) is 0. The van der Waals surface area contributed by atoms with Gasteiger partial charge in [0.15, 0.2) is 0 Å². The van der Waals surface area contributed by atoms with Crippen LogP contribution in [0.15, 0.2) is 72.8 Å². The summed E-state index contributed by atoms with van der Waals surface area (Å²) in [6.45, 7) is 2.36. The third-order valence-electron chi connectivity index (χ3n) is 6.14. The van der Waals surface area contributed by atoms with Gasteiger partial charge in [-0.25, -0.2) is 0 Å². The number of fused-ring (bicyclic) bond motifs is 1. The molecular formula is C27H26N2O5. The van der Waals surface area contributed by atoms with Crippen LogP contribution in [0, 0.1) is 0 Å². The molecular weight excluding hydrogens is 432 g/mol. The highest BCUT2D eigenvalue weighted by atomic mass is 16.5. The maximum Gasteiger partial charge on any atom is 0.303 e. The molecule has 0 aromatic heterocycles. The first kappa shape index (κ1) is 23.0. The van der Waals surface area contributed by atoms with Crippen molar-refractivity contribution in [3.8, 4) is 5.75 Å². The summed E-state index contributed by atoms with van der Waals surface area (Å²) in [6, 6.07) is 21.9. The Labute approximate surface area is 198 Å². The predicted molar refractivity (Wildman–Crippen MR) is 129 cm³/mol. The summed E-state index contributed by atoms with van der Waals surface area (Å²) >= 11 is 0. The van der Waals surface area contributed by atoms with Gasteiger partial charge < -0.3 is 20.1 Å². The molecule has 7 heteroatoms. The lowest BCUT2D eigenvalue weighted by molar-refractivity contribution is -0.137. The highest BCUT2D eigenvalue weighted by molar-refractivity contribution is 6.08. The number of anilines is 2. The summed E-state index contributed by atoms with van der Waals surface area (Å²) in [6.07, 6.45) is 1.01. The van der Waals surface area contributed by atoms with Crippen LogP contribution >= 0.6 is 0 Å². The molecule has 4 rings (SSSR count). The highest BCUT2D eigenvalue weighted by Gasteiger charge is 2.39. The van der Waals surface area contributed by atoms with E-state index in [9.17, 15) is 19.5 Å². The Morgan fingerprint density at radius 2 is 1.79 bits per heavy atom. The van der Waals surface area contributed by atoms with Gasteiger partial charge in [0.05, 0.1) is 0 Å². The number of nitrogens with zero attached hydrogens (tertiary/aromatic N) is 1. The van der Waals surface area contributed by atoms with E-state index in [1.54, 1.807) is 29.2 Å². The molecule has 0 spiro atoms. The van der Waals surface area contributed by atoms with Gasteiger partial charge in [0.1, 0.15) is 12.4 Å². The number of nitrogens with one attached hydrogen (secondary N) is 1. The van der Waals surface area contributed by atoms with Crippen molar-refractivity contribution in [3.05, 3.63) is 89.5 Å². The highest BCUT2D eigenvalue weighted by Crippen LogP contribution is 2.45. The van der Waals surface area contributed by atoms with E-state index in [-0.39, 0.29) is 24.3 Å². The number of aliphatic carboxylic acids is 1. The third-order valence-corrected chi connectivity index (χ3v) is 6.14. The second-order valence-corrected chi connectivity index (χ2v) is 8.29. The molecule has 1 aliphatic rings. The number of benzene rings is 3. The van der Waals surface area contributed by atoms with Crippen molar-refractivity contribution in [3.63, 3.8) is 0 Å². The molecule has 174 valence electrons. The number of hydrogen-bond donors (Lipinski definition) is 2. The van der Waals surface area contributed by atoms with E-state index >= 15 is 0 Å². The van der Waals surface area contributed by atoms with Crippen molar-refractivity contribution in [2.75, 3.05) is 10.2 Å². The van der Waals surface area contributed by atoms with Crippen LogP contribution in [0.5, 0.6) is 5.75 Å². The zero-order valence-electron chi connectivity index (χ0n) is 18.8. The number of ether oxygens (including phenoxy) is 1. The zero-order chi connectivity index (χ0) is 24.1. The second kappa shape index (κ2) is 10.2. The quantitative estimate of drug-likeness (QED) is 0.448. The summed E-state index contributed by atoms with van der Waals surface area (Å²) in [5.74, 6) is -0.504. The normalized spacial score (nSPS) is 16.6. The molecule has 0 bridgehead atoms. The lowest BCUT2D eigenvalue weighted by atomic mass is 9.91. The molecule has 3 aromatic rings. The van der Waals surface area contributed by atoms with Gasteiger partial charge in [-0.2, -0.15) is 0 Å². The molecule has 0 aliphatic carbocycles. The molecule has 34 heavy (non-hydrogen) atoms. The van der Waals surface area contributed by atoms with Crippen molar-refractivity contribution in [1.82, 2.24) is 0 Å². The fourth-order valence-electron chi connectivity index (χ4n) is 4.43. The molecule has 2 amide bonds. The van der Waals surface area contributed by atoms with Crippen LogP contribution in [0.1, 0.15) is 47.2 Å². The van der Waals surface area contributed by atoms with Gasteiger partial charge >= 0.3 is 5.97 Å². The second-order valence-electron chi connectivity index (χ2n) is 8.29. The molecule has 0 fully saturated rings. The summed E-state index contributed by atoms with van der Waals surface area (Å²) < 4.78 is 5.99. The number of carbonyl (C=O) groups is 3. The van der Waals surface area contributed by atoms with Crippen LogP contribution in [-0.2, 0) is 16.2 Å². The first-order valence-electron chi connectivity index (χ1n) is 11.1. The number of carboxylic acid groups (broad SMARTS) is 1. The molecule has 0 unspecified atom stereocenters. The third kappa shape index (κ3) is 4.93. The number of carbonyl (C=O) groups excluding carboxylic acids is 2. The zero-order valence-corrected chi connectivity index (χ0v) is 18.8. The van der Waals surface area contributed by atoms with Crippen LogP contribution in [0.3, 0.4) is 0 Å². The maximum atomic E-state index is 13.5. The first-order chi connectivity index (χ1) is 16.5. The standard InChI is InChI=1S/C27H26N2O5/c1-18-23(12-14-26(31)32)24-15-22(34-16-19-5-3-2-4-6-19)11-13-25(24)29(18)27(33)20-7-9-21(10-8-20)28-17-30/h2-11,13,15,17-18,23H,12,14,16H2,1H3,(H,28,30)(H,31,32)/t18-,23+/m0/s1. The van der Waals surface area contributed by atoms with Gasteiger partial charge in [0.2, 0.25) is 6.41 Å². The summed E-state index contributed by atoms with van der Waals surface area (Å²) in [4.78, 5) is 37.1. The Kier molecular flexibility index (Phi) is 6.92. The maximum absolute atomic E-state index is 13.5. The van der Waals surface area contributed by atoms with Crippen LogP contribution in [-0.4, -0.2) is 29.4 Å². The summed E-state index contributed by atoms with van der Waals surface area (Å²) in [5.41, 5.74) is 3.79. The minimum Gasteiger partial charge on any atom is -0.489 e. The minimum absolute atomic E-state index is 0.0115. The lowest BCUT2D eigenvalue weighted by Gasteiger charge is -2.25. The topological polar surface area (TPSA) is 95.9 Å². The number of rotatable bonds is 9. The molecule has 1 heterocycles. The molecule has 1 aliphatic heterocycles. The van der Waals surface area contributed by atoms with E-state index in [0.29, 0.717) is 36.4 Å². The molecule has 2 atom stereocenters. The average molecular weight is 459 g/mol. The van der Waals surface area contributed by atoms with E-state index in [1.807, 2.05) is 55.5 Å². The monoisotopic (exact) mass is 458 g/mol. The van der Waals surface area contributed by atoms with Gasteiger partial charge in [0, 0.05) is 35.3 Å². The van der Waals surface area contributed by atoms with Gasteiger partial charge in [-0.1, -0.05) is 30.3 Å². The number of amides is 2. The number of hydrogen-bond acceptors (Lipinski definition) is 4. The SMILES string of the molecule is C[C@H]1[C@@H](CCC(=O)O)c2cc(OCc3ccccc3)ccc2N1C(=O)c1ccc(NC=O)cc1. The Morgan fingerprint density at radius 1 is 1.06 bits per heavy atom. The molecule has 3 aromatic carbocycles. The van der Waals surface area contributed by atoms with E-state index in [1.165, 1.54) is 0 Å². The van der Waals surface area contributed by atoms with Gasteiger partial charge in [-0.15, -0.1) is 0 Å². The van der Waals surface area contributed by atoms with Crippen molar-refractivity contribution in [1.29, 1.82) is 0 Å². The van der Waals surface area contributed by atoms with E-state index in [0.717, 1.165) is 16.8 Å². The van der Waals surface area contributed by atoms with E-state index in [4.69, 9.17) is 4.74 Å². The van der Waals surface area contributed by atoms with Crippen molar-refractivity contribution < 1.29 is 24.2 Å². The minimum atomic E-state index is -0.867. The molecule has 0 radical (unpaired) electrons. The van der Waals surface area contributed by atoms with Crippen LogP contribution < -0.4 is 15.0 Å². The average Bonchev–Trinajstić information content (AvgIpc) is 3.12. The van der Waals surface area contributed by atoms with Gasteiger partial charge in [0.25, 0.3) is 5.91 Å². The molecule has 7 nitrogen and oxygen atoms in total. The van der Waals surface area contributed by atoms with E-state index in [2.05, 4.69) is 5.32 Å². The molecule has 0 saturated heterocycles. The Morgan fingerprint density at radius 3 is 2.47 bits per heavy atom. The van der Waals surface area contributed by atoms with Crippen molar-refractivity contribution in [2.24, 2.45) is 0 Å². The van der Waals surface area contributed by atoms with Crippen LogP contribution in [0.2, 0.25) is 0 Å². The Hall–Kier alpha value is -4.13. The van der Waals surface area contributed by atoms with Gasteiger partial charge in [-0.3, -0.25) is 14.4 Å². The van der Waals surface area contributed by atoms with Gasteiger partial charge in [-0.05, 0) is 66.9 Å². The number of carboxylic acids is 1. The van der Waals surface area contributed by atoms with Crippen molar-refractivity contribution >= 4 is 29.7 Å². The molecule has 0 saturated carbocycles. The van der Waals surface area contributed by atoms with E-state index < -0.39 is 5.97 Å². The van der Waals surface area contributed by atoms with Crippen LogP contribution in [0.25, 0.3) is 0 Å². The largest absolute Gasteiger partial charge is 0.489 e. The smallest absolute Gasteiger partial charge is 0.303 e. The molecule has 2 N–H and O–H groups in total. The van der Waals surface area contributed by atoms with Crippen LogP contribution in [0.4, 0.5) is 11.4 Å². The fourth-order valence-corrected chi connectivity index (χ4v) is 4.43. The fraction of sp³-hybridized carbons (Fsp3) is 0.222. The lowest BCUT2D eigenvalue weighted by Crippen LogP contribution is -2.37.